The van der Waals surface area contributed by atoms with Crippen molar-refractivity contribution in [1.29, 1.82) is 0 Å². The van der Waals surface area contributed by atoms with Crippen LogP contribution in [-0.4, -0.2) is 33.9 Å². The zero-order valence-corrected chi connectivity index (χ0v) is 11.5. The van der Waals surface area contributed by atoms with Gasteiger partial charge in [-0.05, 0) is 31.2 Å². The highest BCUT2D eigenvalue weighted by molar-refractivity contribution is 7.99. The minimum Gasteiger partial charge on any atom is -0.316 e. The van der Waals surface area contributed by atoms with Crippen LogP contribution in [0, 0.1) is 0 Å². The summed E-state index contributed by atoms with van der Waals surface area (Å²) >= 11 is 2.02. The first kappa shape index (κ1) is 13.6. The van der Waals surface area contributed by atoms with Gasteiger partial charge in [-0.25, -0.2) is 0 Å². The van der Waals surface area contributed by atoms with Gasteiger partial charge in [0.2, 0.25) is 0 Å². The van der Waals surface area contributed by atoms with Gasteiger partial charge in [0, 0.05) is 30.7 Å². The topological polar surface area (TPSA) is 29.9 Å². The molecule has 1 heterocycles. The normalized spacial score (nSPS) is 13.3. The number of aromatic nitrogens is 2. The average Bonchev–Trinajstić information content (AvgIpc) is 2.64. The molecule has 3 nitrogen and oxygen atoms in total. The van der Waals surface area contributed by atoms with Crippen molar-refractivity contribution in [3.8, 4) is 0 Å². The molecule has 1 aromatic heterocycles. The van der Waals surface area contributed by atoms with E-state index in [0.717, 1.165) is 6.42 Å². The maximum Gasteiger partial charge on any atom is 0.0492 e. The highest BCUT2D eigenvalue weighted by Crippen LogP contribution is 2.13. The minimum absolute atomic E-state index is 0.599. The minimum atomic E-state index is 0.599. The third kappa shape index (κ3) is 4.58. The van der Waals surface area contributed by atoms with Crippen LogP contribution in [0.15, 0.2) is 12.3 Å². The third-order valence-corrected chi connectivity index (χ3v) is 3.97. The number of nitrogens with zero attached hydrogens (tertiary/aromatic N) is 2. The van der Waals surface area contributed by atoms with Gasteiger partial charge >= 0.3 is 0 Å². The summed E-state index contributed by atoms with van der Waals surface area (Å²) < 4.78 is 1.96. The number of nitrogens with one attached hydrogen (secondary N) is 1. The Hall–Kier alpha value is -0.480. The molecule has 0 aliphatic carbocycles. The second-order valence-corrected chi connectivity index (χ2v) is 5.96. The lowest BCUT2D eigenvalue weighted by Crippen LogP contribution is -2.29. The molecule has 0 radical (unpaired) electrons. The lowest BCUT2D eigenvalue weighted by molar-refractivity contribution is 0.556. The molecule has 92 valence electrons. The molecule has 0 bridgehead atoms. The first-order valence-corrected chi connectivity index (χ1v) is 6.94. The Kier molecular flexibility index (Phi) is 5.91. The predicted molar refractivity (Wildman–Crippen MR) is 72.0 cm³/mol. The third-order valence-electron chi connectivity index (χ3n) is 2.71. The summed E-state index contributed by atoms with van der Waals surface area (Å²) in [6, 6.07) is 2.70. The van der Waals surface area contributed by atoms with Gasteiger partial charge in [0.05, 0.1) is 0 Å². The SMILES string of the molecule is CNC(CCc1ccnn1C)CSC(C)C. The number of thioether (sulfide) groups is 1. The number of hydrogen-bond donors (Lipinski definition) is 1. The quantitative estimate of drug-likeness (QED) is 0.792. The predicted octanol–water partition coefficient (Wildman–Crippen LogP) is 2.08. The molecule has 0 aromatic carbocycles. The van der Waals surface area contributed by atoms with E-state index in [-0.39, 0.29) is 0 Å². The van der Waals surface area contributed by atoms with Gasteiger partial charge in [0.25, 0.3) is 0 Å². The molecule has 1 aromatic rings. The van der Waals surface area contributed by atoms with Crippen LogP contribution >= 0.6 is 11.8 Å². The summed E-state index contributed by atoms with van der Waals surface area (Å²) in [5.41, 5.74) is 1.31. The van der Waals surface area contributed by atoms with Crippen molar-refractivity contribution >= 4 is 11.8 Å². The number of aryl methyl sites for hydroxylation is 2. The molecule has 1 rings (SSSR count). The van der Waals surface area contributed by atoms with Crippen molar-refractivity contribution in [3.63, 3.8) is 0 Å². The Morgan fingerprint density at radius 1 is 1.50 bits per heavy atom. The largest absolute Gasteiger partial charge is 0.316 e. The van der Waals surface area contributed by atoms with Gasteiger partial charge in [-0.2, -0.15) is 16.9 Å². The Morgan fingerprint density at radius 3 is 2.75 bits per heavy atom. The zero-order chi connectivity index (χ0) is 12.0. The summed E-state index contributed by atoms with van der Waals surface area (Å²) in [5.74, 6) is 1.19. The van der Waals surface area contributed by atoms with Gasteiger partial charge in [-0.15, -0.1) is 0 Å². The van der Waals surface area contributed by atoms with Crippen molar-refractivity contribution in [1.82, 2.24) is 15.1 Å². The smallest absolute Gasteiger partial charge is 0.0492 e. The van der Waals surface area contributed by atoms with Gasteiger partial charge in [0.15, 0.2) is 0 Å². The van der Waals surface area contributed by atoms with Crippen molar-refractivity contribution in [2.75, 3.05) is 12.8 Å². The van der Waals surface area contributed by atoms with E-state index < -0.39 is 0 Å². The molecule has 0 aliphatic heterocycles. The molecular weight excluding hydrogens is 218 g/mol. The Labute approximate surface area is 103 Å². The van der Waals surface area contributed by atoms with Crippen LogP contribution in [-0.2, 0) is 13.5 Å². The number of hydrogen-bond acceptors (Lipinski definition) is 3. The summed E-state index contributed by atoms with van der Waals surface area (Å²) in [6.45, 7) is 4.50. The molecule has 16 heavy (non-hydrogen) atoms. The molecule has 1 N–H and O–H groups in total. The van der Waals surface area contributed by atoms with Gasteiger partial charge in [0.1, 0.15) is 0 Å². The van der Waals surface area contributed by atoms with Crippen LogP contribution in [0.1, 0.15) is 26.0 Å². The molecule has 0 aliphatic rings. The molecule has 0 amide bonds. The Morgan fingerprint density at radius 2 is 2.25 bits per heavy atom. The molecule has 0 saturated carbocycles. The van der Waals surface area contributed by atoms with Crippen LogP contribution < -0.4 is 5.32 Å². The maximum absolute atomic E-state index is 4.19. The fourth-order valence-corrected chi connectivity index (χ4v) is 2.54. The van der Waals surface area contributed by atoms with E-state index in [1.807, 2.05) is 29.7 Å². The van der Waals surface area contributed by atoms with Crippen LogP contribution in [0.3, 0.4) is 0 Å². The van der Waals surface area contributed by atoms with Gasteiger partial charge < -0.3 is 5.32 Å². The Bertz CT molecular complexity index is 296. The highest BCUT2D eigenvalue weighted by atomic mass is 32.2. The lowest BCUT2D eigenvalue weighted by atomic mass is 10.1. The van der Waals surface area contributed by atoms with E-state index in [0.29, 0.717) is 11.3 Å². The van der Waals surface area contributed by atoms with E-state index in [1.54, 1.807) is 0 Å². The molecule has 0 spiro atoms. The van der Waals surface area contributed by atoms with E-state index in [9.17, 15) is 0 Å². The molecule has 1 atom stereocenters. The zero-order valence-electron chi connectivity index (χ0n) is 10.7. The van der Waals surface area contributed by atoms with E-state index in [2.05, 4.69) is 37.4 Å². The molecule has 0 saturated heterocycles. The fraction of sp³-hybridized carbons (Fsp3) is 0.750. The molecule has 0 fully saturated rings. The molecule has 4 heteroatoms. The van der Waals surface area contributed by atoms with Crippen LogP contribution in [0.5, 0.6) is 0 Å². The first-order chi connectivity index (χ1) is 7.63. The van der Waals surface area contributed by atoms with E-state index in [1.165, 1.54) is 17.9 Å². The van der Waals surface area contributed by atoms with Crippen molar-refractivity contribution in [2.45, 2.75) is 38.0 Å². The second-order valence-electron chi connectivity index (χ2n) is 4.35. The summed E-state index contributed by atoms with van der Waals surface area (Å²) in [5, 5.41) is 8.29. The standard InChI is InChI=1S/C12H23N3S/c1-10(2)16-9-11(13-3)5-6-12-7-8-14-15(12)4/h7-8,10-11,13H,5-6,9H2,1-4H3. The average molecular weight is 241 g/mol. The van der Waals surface area contributed by atoms with Gasteiger partial charge in [-0.1, -0.05) is 13.8 Å². The maximum atomic E-state index is 4.19. The van der Waals surface area contributed by atoms with Crippen molar-refractivity contribution in [3.05, 3.63) is 18.0 Å². The van der Waals surface area contributed by atoms with Crippen LogP contribution in [0.25, 0.3) is 0 Å². The van der Waals surface area contributed by atoms with E-state index in [4.69, 9.17) is 0 Å². The summed E-state index contributed by atoms with van der Waals surface area (Å²) in [6.07, 6.45) is 4.14. The molecular formula is C12H23N3S. The van der Waals surface area contributed by atoms with Crippen LogP contribution in [0.2, 0.25) is 0 Å². The Balaban J connectivity index is 2.31. The highest BCUT2D eigenvalue weighted by Gasteiger charge is 2.09. The van der Waals surface area contributed by atoms with E-state index >= 15 is 0 Å². The molecule has 1 unspecified atom stereocenters. The first-order valence-electron chi connectivity index (χ1n) is 5.89. The van der Waals surface area contributed by atoms with Gasteiger partial charge in [-0.3, -0.25) is 4.68 Å². The lowest BCUT2D eigenvalue weighted by Gasteiger charge is -2.16. The van der Waals surface area contributed by atoms with Crippen LogP contribution in [0.4, 0.5) is 0 Å². The summed E-state index contributed by atoms with van der Waals surface area (Å²) in [7, 11) is 4.06. The fourth-order valence-electron chi connectivity index (χ4n) is 1.59. The van der Waals surface area contributed by atoms with Crippen molar-refractivity contribution in [2.24, 2.45) is 7.05 Å². The van der Waals surface area contributed by atoms with Crippen molar-refractivity contribution < 1.29 is 0 Å². The second kappa shape index (κ2) is 6.97. The summed E-state index contributed by atoms with van der Waals surface area (Å²) in [4.78, 5) is 0. The number of rotatable bonds is 7. The monoisotopic (exact) mass is 241 g/mol.